The second-order valence-electron chi connectivity index (χ2n) is 5.44. The number of hydrogen-bond donors (Lipinski definition) is 0. The molecule has 0 aliphatic carbocycles. The van der Waals surface area contributed by atoms with Crippen LogP contribution in [0.1, 0.15) is 11.4 Å². The van der Waals surface area contributed by atoms with E-state index >= 15 is 0 Å². The van der Waals surface area contributed by atoms with Gasteiger partial charge in [-0.15, -0.1) is 16.4 Å². The van der Waals surface area contributed by atoms with Crippen LogP contribution in [0.3, 0.4) is 0 Å². The van der Waals surface area contributed by atoms with Crippen LogP contribution in [0.15, 0.2) is 45.7 Å². The predicted octanol–water partition coefficient (Wildman–Crippen LogP) is 2.34. The van der Waals surface area contributed by atoms with Gasteiger partial charge in [0.1, 0.15) is 5.75 Å². The smallest absolute Gasteiger partial charge is 0.258 e. The maximum absolute atomic E-state index is 12.3. The molecule has 3 aromatic heterocycles. The molecule has 0 N–H and O–H groups in total. The molecule has 0 fully saturated rings. The lowest BCUT2D eigenvalue weighted by molar-refractivity contribution is 0.414. The number of aryl methyl sites for hydroxylation is 1. The van der Waals surface area contributed by atoms with Crippen LogP contribution in [0.25, 0.3) is 10.6 Å². The Bertz CT molecular complexity index is 1120. The van der Waals surface area contributed by atoms with Crippen LogP contribution < -0.4 is 10.3 Å². The zero-order valence-corrected chi connectivity index (χ0v) is 15.6. The Balaban J connectivity index is 1.57. The van der Waals surface area contributed by atoms with E-state index in [-0.39, 0.29) is 5.56 Å². The summed E-state index contributed by atoms with van der Waals surface area (Å²) in [6.07, 6.45) is 0. The van der Waals surface area contributed by atoms with Gasteiger partial charge in [-0.3, -0.25) is 9.20 Å². The fourth-order valence-electron chi connectivity index (χ4n) is 2.47. The summed E-state index contributed by atoms with van der Waals surface area (Å²) in [6, 6.07) is 9.01. The van der Waals surface area contributed by atoms with Crippen molar-refractivity contribution in [1.82, 2.24) is 29.6 Å². The molecule has 0 radical (unpaired) electrons. The van der Waals surface area contributed by atoms with E-state index < -0.39 is 0 Å². The lowest BCUT2D eigenvalue weighted by Crippen LogP contribution is -2.14. The highest BCUT2D eigenvalue weighted by Gasteiger charge is 2.12. The normalized spacial score (nSPS) is 11.2. The minimum Gasteiger partial charge on any atom is -0.497 e. The number of ether oxygens (including phenoxy) is 1. The first-order valence-electron chi connectivity index (χ1n) is 7.68. The van der Waals surface area contributed by atoms with Crippen LogP contribution >= 0.6 is 23.1 Å². The predicted molar refractivity (Wildman–Crippen MR) is 99.3 cm³/mol. The SMILES string of the molecule is COc1ccc(-n2nnnc2SCc2cc(=O)n3c(C)csc3n2)cc1. The summed E-state index contributed by atoms with van der Waals surface area (Å²) in [6.45, 7) is 1.89. The Morgan fingerprint density at radius 3 is 2.85 bits per heavy atom. The molecule has 0 bridgehead atoms. The van der Waals surface area contributed by atoms with Gasteiger partial charge in [0.2, 0.25) is 5.16 Å². The van der Waals surface area contributed by atoms with Gasteiger partial charge in [-0.1, -0.05) is 11.8 Å². The van der Waals surface area contributed by atoms with Gasteiger partial charge in [-0.05, 0) is 41.6 Å². The number of thioether (sulfide) groups is 1. The highest BCUT2D eigenvalue weighted by molar-refractivity contribution is 7.98. The summed E-state index contributed by atoms with van der Waals surface area (Å²) in [5.74, 6) is 1.26. The van der Waals surface area contributed by atoms with Crippen molar-refractivity contribution in [1.29, 1.82) is 0 Å². The number of thiazole rings is 1. The monoisotopic (exact) mass is 386 g/mol. The Kier molecular flexibility index (Phi) is 4.43. The average molecular weight is 386 g/mol. The summed E-state index contributed by atoms with van der Waals surface area (Å²) in [4.78, 5) is 17.5. The molecule has 0 saturated carbocycles. The molecule has 26 heavy (non-hydrogen) atoms. The first-order chi connectivity index (χ1) is 12.7. The summed E-state index contributed by atoms with van der Waals surface area (Å²) in [5.41, 5.74) is 2.35. The maximum Gasteiger partial charge on any atom is 0.258 e. The molecule has 0 saturated heterocycles. The number of tetrazole rings is 1. The summed E-state index contributed by atoms with van der Waals surface area (Å²) < 4.78 is 8.42. The fourth-order valence-corrected chi connectivity index (χ4v) is 4.14. The maximum atomic E-state index is 12.3. The van der Waals surface area contributed by atoms with Crippen molar-refractivity contribution < 1.29 is 4.74 Å². The Hall–Kier alpha value is -2.72. The number of fused-ring (bicyclic) bond motifs is 1. The Labute approximate surface area is 156 Å². The molecule has 8 nitrogen and oxygen atoms in total. The summed E-state index contributed by atoms with van der Waals surface area (Å²) in [7, 11) is 1.62. The van der Waals surface area contributed by atoms with E-state index in [1.54, 1.807) is 22.3 Å². The molecule has 0 atom stereocenters. The first kappa shape index (κ1) is 16.7. The molecule has 0 amide bonds. The van der Waals surface area contributed by atoms with E-state index in [1.165, 1.54) is 23.1 Å². The number of rotatable bonds is 5. The van der Waals surface area contributed by atoms with Gasteiger partial charge in [0, 0.05) is 22.9 Å². The number of benzene rings is 1. The van der Waals surface area contributed by atoms with Crippen molar-refractivity contribution in [3.63, 3.8) is 0 Å². The van der Waals surface area contributed by atoms with Gasteiger partial charge in [-0.2, -0.15) is 4.68 Å². The molecular weight excluding hydrogens is 372 g/mol. The van der Waals surface area contributed by atoms with Gasteiger partial charge < -0.3 is 4.74 Å². The van der Waals surface area contributed by atoms with Crippen LogP contribution in [0.5, 0.6) is 5.75 Å². The molecule has 0 aliphatic rings. The van der Waals surface area contributed by atoms with Gasteiger partial charge in [0.25, 0.3) is 5.56 Å². The molecule has 1 aromatic carbocycles. The van der Waals surface area contributed by atoms with Gasteiger partial charge >= 0.3 is 0 Å². The molecule has 3 heterocycles. The van der Waals surface area contributed by atoms with Gasteiger partial charge in [0.15, 0.2) is 4.96 Å². The van der Waals surface area contributed by atoms with Crippen molar-refractivity contribution in [2.75, 3.05) is 7.11 Å². The third-order valence-electron chi connectivity index (χ3n) is 3.74. The van der Waals surface area contributed by atoms with Crippen molar-refractivity contribution in [3.8, 4) is 11.4 Å². The molecule has 0 unspecified atom stereocenters. The third kappa shape index (κ3) is 3.08. The van der Waals surface area contributed by atoms with Crippen molar-refractivity contribution in [2.45, 2.75) is 17.8 Å². The fraction of sp³-hybridized carbons (Fsp3) is 0.188. The van der Waals surface area contributed by atoms with Crippen molar-refractivity contribution in [2.24, 2.45) is 0 Å². The van der Waals surface area contributed by atoms with Crippen molar-refractivity contribution >= 4 is 28.1 Å². The molecule has 4 aromatic rings. The van der Waals surface area contributed by atoms with Crippen LogP contribution in [-0.2, 0) is 5.75 Å². The number of hydrogen-bond acceptors (Lipinski definition) is 8. The zero-order valence-electron chi connectivity index (χ0n) is 14.0. The van der Waals surface area contributed by atoms with Gasteiger partial charge in [-0.25, -0.2) is 4.98 Å². The average Bonchev–Trinajstić information content (AvgIpc) is 3.27. The van der Waals surface area contributed by atoms with E-state index in [9.17, 15) is 4.79 Å². The van der Waals surface area contributed by atoms with E-state index in [0.717, 1.165) is 17.1 Å². The topological polar surface area (TPSA) is 87.2 Å². The Morgan fingerprint density at radius 2 is 2.08 bits per heavy atom. The Morgan fingerprint density at radius 1 is 1.27 bits per heavy atom. The third-order valence-corrected chi connectivity index (χ3v) is 5.63. The number of aromatic nitrogens is 6. The largest absolute Gasteiger partial charge is 0.497 e. The lowest BCUT2D eigenvalue weighted by Gasteiger charge is -2.05. The molecular formula is C16H14N6O2S2. The number of nitrogens with zero attached hydrogens (tertiary/aromatic N) is 6. The van der Waals surface area contributed by atoms with E-state index in [4.69, 9.17) is 4.74 Å². The van der Waals surface area contributed by atoms with Crippen molar-refractivity contribution in [3.05, 3.63) is 57.5 Å². The molecule has 10 heteroatoms. The second-order valence-corrected chi connectivity index (χ2v) is 7.22. The quantitative estimate of drug-likeness (QED) is 0.487. The standard InChI is InChI=1S/C16H14N6O2S2/c1-10-8-25-15-17-11(7-14(23)21(10)15)9-26-16-18-19-20-22(16)12-3-5-13(24-2)6-4-12/h3-8H,9H2,1-2H3. The number of methoxy groups -OCH3 is 1. The summed E-state index contributed by atoms with van der Waals surface area (Å²) >= 11 is 2.88. The van der Waals surface area contributed by atoms with E-state index in [1.807, 2.05) is 36.6 Å². The minimum absolute atomic E-state index is 0.0703. The van der Waals surface area contributed by atoms with Gasteiger partial charge in [0.05, 0.1) is 18.5 Å². The molecule has 0 spiro atoms. The minimum atomic E-state index is -0.0703. The van der Waals surface area contributed by atoms with E-state index in [0.29, 0.717) is 21.6 Å². The lowest BCUT2D eigenvalue weighted by atomic mass is 10.3. The van der Waals surface area contributed by atoms with Crippen LogP contribution in [0.2, 0.25) is 0 Å². The van der Waals surface area contributed by atoms with Crippen LogP contribution in [-0.4, -0.2) is 36.7 Å². The molecule has 132 valence electrons. The zero-order chi connectivity index (χ0) is 18.1. The molecule has 0 aliphatic heterocycles. The highest BCUT2D eigenvalue weighted by atomic mass is 32.2. The molecule has 4 rings (SSSR count). The van der Waals surface area contributed by atoms with Crippen LogP contribution in [0.4, 0.5) is 0 Å². The summed E-state index contributed by atoms with van der Waals surface area (Å²) in [5, 5.41) is 14.4. The highest BCUT2D eigenvalue weighted by Crippen LogP contribution is 2.23. The second kappa shape index (κ2) is 6.89. The first-order valence-corrected chi connectivity index (χ1v) is 9.54. The van der Waals surface area contributed by atoms with Crippen LogP contribution in [0, 0.1) is 6.92 Å². The van der Waals surface area contributed by atoms with E-state index in [2.05, 4.69) is 20.5 Å².